The molecule has 0 bridgehead atoms. The van der Waals surface area contributed by atoms with Crippen LogP contribution >= 0.6 is 0 Å². The summed E-state index contributed by atoms with van der Waals surface area (Å²) in [6.45, 7) is 5.21. The zero-order chi connectivity index (χ0) is 15.2. The highest BCUT2D eigenvalue weighted by atomic mass is 16.5. The van der Waals surface area contributed by atoms with Crippen molar-refractivity contribution >= 4 is 0 Å². The first-order valence-corrected chi connectivity index (χ1v) is 7.26. The van der Waals surface area contributed by atoms with E-state index in [1.807, 2.05) is 24.3 Å². The van der Waals surface area contributed by atoms with Gasteiger partial charge < -0.3 is 14.8 Å². The Morgan fingerprint density at radius 2 is 1.57 bits per heavy atom. The molecule has 112 valence electrons. The quantitative estimate of drug-likeness (QED) is 0.869. The number of hydrogen-bond acceptors (Lipinski definition) is 3. The predicted molar refractivity (Wildman–Crippen MR) is 87.1 cm³/mol. The molecule has 0 aliphatic rings. The van der Waals surface area contributed by atoms with E-state index in [9.17, 15) is 0 Å². The third-order valence-electron chi connectivity index (χ3n) is 3.63. The first-order chi connectivity index (χ1) is 10.2. The van der Waals surface area contributed by atoms with Gasteiger partial charge in [0, 0.05) is 6.04 Å². The molecule has 2 rings (SSSR count). The van der Waals surface area contributed by atoms with Crippen molar-refractivity contribution in [1.29, 1.82) is 0 Å². The largest absolute Gasteiger partial charge is 0.496 e. The van der Waals surface area contributed by atoms with Crippen LogP contribution in [0.2, 0.25) is 0 Å². The van der Waals surface area contributed by atoms with Crippen LogP contribution in [0.4, 0.5) is 0 Å². The molecule has 3 heteroatoms. The van der Waals surface area contributed by atoms with Gasteiger partial charge in [-0.05, 0) is 36.7 Å². The van der Waals surface area contributed by atoms with Crippen molar-refractivity contribution in [2.75, 3.05) is 20.8 Å². The molecule has 1 atom stereocenters. The van der Waals surface area contributed by atoms with Gasteiger partial charge in [0.1, 0.15) is 11.5 Å². The summed E-state index contributed by atoms with van der Waals surface area (Å²) in [4.78, 5) is 0. The Kier molecular flexibility index (Phi) is 5.23. The van der Waals surface area contributed by atoms with Crippen molar-refractivity contribution in [2.24, 2.45) is 0 Å². The maximum atomic E-state index is 5.54. The van der Waals surface area contributed by atoms with Crippen LogP contribution in [0.15, 0.2) is 42.5 Å². The van der Waals surface area contributed by atoms with Crippen LogP contribution in [-0.4, -0.2) is 20.8 Å². The fraction of sp³-hybridized carbons (Fsp3) is 0.333. The van der Waals surface area contributed by atoms with Gasteiger partial charge >= 0.3 is 0 Å². The topological polar surface area (TPSA) is 30.5 Å². The van der Waals surface area contributed by atoms with E-state index < -0.39 is 0 Å². The van der Waals surface area contributed by atoms with Gasteiger partial charge in [-0.1, -0.05) is 37.3 Å². The molecule has 0 amide bonds. The van der Waals surface area contributed by atoms with Gasteiger partial charge in [0.2, 0.25) is 0 Å². The molecule has 0 fully saturated rings. The first-order valence-electron chi connectivity index (χ1n) is 7.26. The molecule has 1 N–H and O–H groups in total. The molecule has 1 unspecified atom stereocenters. The highest BCUT2D eigenvalue weighted by Crippen LogP contribution is 2.41. The third kappa shape index (κ3) is 3.19. The van der Waals surface area contributed by atoms with Crippen molar-refractivity contribution in [3.8, 4) is 22.6 Å². The molecule has 21 heavy (non-hydrogen) atoms. The van der Waals surface area contributed by atoms with E-state index in [1.165, 1.54) is 5.56 Å². The zero-order valence-corrected chi connectivity index (χ0v) is 13.1. The first kappa shape index (κ1) is 15.4. The molecule has 0 radical (unpaired) electrons. The Morgan fingerprint density at radius 3 is 2.14 bits per heavy atom. The van der Waals surface area contributed by atoms with Gasteiger partial charge in [0.05, 0.1) is 19.8 Å². The van der Waals surface area contributed by atoms with Gasteiger partial charge in [0.25, 0.3) is 0 Å². The van der Waals surface area contributed by atoms with E-state index in [1.54, 1.807) is 14.2 Å². The highest BCUT2D eigenvalue weighted by molar-refractivity contribution is 5.79. The SMILES string of the molecule is CCNC(C)c1ccccc1-c1c(OC)cccc1OC. The van der Waals surface area contributed by atoms with Gasteiger partial charge in [0.15, 0.2) is 0 Å². The lowest BCUT2D eigenvalue weighted by atomic mass is 9.94. The number of methoxy groups -OCH3 is 2. The minimum Gasteiger partial charge on any atom is -0.496 e. The highest BCUT2D eigenvalue weighted by Gasteiger charge is 2.17. The Labute approximate surface area is 126 Å². The van der Waals surface area contributed by atoms with E-state index >= 15 is 0 Å². The normalized spacial score (nSPS) is 12.0. The minimum absolute atomic E-state index is 0.265. The third-order valence-corrected chi connectivity index (χ3v) is 3.63. The smallest absolute Gasteiger partial charge is 0.130 e. The molecule has 0 aliphatic carbocycles. The Bertz CT molecular complexity index is 573. The number of ether oxygens (including phenoxy) is 2. The molecule has 0 saturated carbocycles. The number of benzene rings is 2. The fourth-order valence-electron chi connectivity index (χ4n) is 2.64. The molecule has 0 aliphatic heterocycles. The maximum absolute atomic E-state index is 5.54. The van der Waals surface area contributed by atoms with Crippen LogP contribution in [0.3, 0.4) is 0 Å². The summed E-state index contributed by atoms with van der Waals surface area (Å²) >= 11 is 0. The maximum Gasteiger partial charge on any atom is 0.130 e. The van der Waals surface area contributed by atoms with Gasteiger partial charge in [-0.2, -0.15) is 0 Å². The van der Waals surface area contributed by atoms with Crippen LogP contribution in [0.1, 0.15) is 25.5 Å². The fourth-order valence-corrected chi connectivity index (χ4v) is 2.64. The summed E-state index contributed by atoms with van der Waals surface area (Å²) in [5.74, 6) is 1.65. The number of nitrogens with one attached hydrogen (secondary N) is 1. The summed E-state index contributed by atoms with van der Waals surface area (Å²) in [5.41, 5.74) is 3.38. The van der Waals surface area contributed by atoms with Crippen molar-refractivity contribution in [3.05, 3.63) is 48.0 Å². The van der Waals surface area contributed by atoms with E-state index in [2.05, 4.69) is 37.4 Å². The van der Waals surface area contributed by atoms with Gasteiger partial charge in [-0.3, -0.25) is 0 Å². The zero-order valence-electron chi connectivity index (χ0n) is 13.1. The molecule has 0 saturated heterocycles. The average Bonchev–Trinajstić information content (AvgIpc) is 2.54. The lowest BCUT2D eigenvalue weighted by molar-refractivity contribution is 0.397. The summed E-state index contributed by atoms with van der Waals surface area (Å²) in [5, 5.41) is 3.47. The van der Waals surface area contributed by atoms with E-state index in [-0.39, 0.29) is 6.04 Å². The summed E-state index contributed by atoms with van der Waals surface area (Å²) in [6.07, 6.45) is 0. The van der Waals surface area contributed by atoms with E-state index in [4.69, 9.17) is 9.47 Å². The monoisotopic (exact) mass is 285 g/mol. The molecule has 0 spiro atoms. The van der Waals surface area contributed by atoms with Gasteiger partial charge in [-0.15, -0.1) is 0 Å². The molecular formula is C18H23NO2. The van der Waals surface area contributed by atoms with E-state index in [0.29, 0.717) is 0 Å². The van der Waals surface area contributed by atoms with Crippen molar-refractivity contribution in [1.82, 2.24) is 5.32 Å². The van der Waals surface area contributed by atoms with Crippen molar-refractivity contribution in [3.63, 3.8) is 0 Å². The molecule has 2 aromatic carbocycles. The molecule has 0 aromatic heterocycles. The standard InChI is InChI=1S/C18H23NO2/c1-5-19-13(2)14-9-6-7-10-15(14)18-16(20-3)11-8-12-17(18)21-4/h6-13,19H,5H2,1-4H3. The van der Waals surface area contributed by atoms with Crippen molar-refractivity contribution < 1.29 is 9.47 Å². The molecular weight excluding hydrogens is 262 g/mol. The Hall–Kier alpha value is -2.00. The summed E-state index contributed by atoms with van der Waals surface area (Å²) in [7, 11) is 3.38. The summed E-state index contributed by atoms with van der Waals surface area (Å²) in [6, 6.07) is 14.5. The Balaban J connectivity index is 2.62. The van der Waals surface area contributed by atoms with Crippen molar-refractivity contribution in [2.45, 2.75) is 19.9 Å². The number of hydrogen-bond donors (Lipinski definition) is 1. The predicted octanol–water partition coefficient (Wildman–Crippen LogP) is 4.04. The molecule has 0 heterocycles. The van der Waals surface area contributed by atoms with Crippen LogP contribution in [0.5, 0.6) is 11.5 Å². The second-order valence-electron chi connectivity index (χ2n) is 4.90. The van der Waals surface area contributed by atoms with Crippen LogP contribution in [0.25, 0.3) is 11.1 Å². The lowest BCUT2D eigenvalue weighted by Crippen LogP contribution is -2.18. The van der Waals surface area contributed by atoms with Crippen LogP contribution in [0, 0.1) is 0 Å². The number of rotatable bonds is 6. The lowest BCUT2D eigenvalue weighted by Gasteiger charge is -2.20. The Morgan fingerprint density at radius 1 is 0.952 bits per heavy atom. The van der Waals surface area contributed by atoms with Gasteiger partial charge in [-0.25, -0.2) is 0 Å². The second-order valence-corrected chi connectivity index (χ2v) is 4.90. The second kappa shape index (κ2) is 7.14. The average molecular weight is 285 g/mol. The minimum atomic E-state index is 0.265. The van der Waals surface area contributed by atoms with Crippen LogP contribution < -0.4 is 14.8 Å². The molecule has 2 aromatic rings. The van der Waals surface area contributed by atoms with Crippen LogP contribution in [-0.2, 0) is 0 Å². The van der Waals surface area contributed by atoms with E-state index in [0.717, 1.165) is 29.2 Å². The molecule has 3 nitrogen and oxygen atoms in total. The summed E-state index contributed by atoms with van der Waals surface area (Å²) < 4.78 is 11.1.